The highest BCUT2D eigenvalue weighted by Gasteiger charge is 2.13. The number of carboxylic acids is 1. The minimum atomic E-state index is -1.03. The van der Waals surface area contributed by atoms with Crippen LogP contribution in [0.15, 0.2) is 24.3 Å². The molecular weight excluding hydrogens is 182 g/mol. The van der Waals surface area contributed by atoms with Crippen molar-refractivity contribution in [3.63, 3.8) is 0 Å². The fourth-order valence-electron chi connectivity index (χ4n) is 1.24. The molecule has 0 saturated carbocycles. The molecule has 0 heterocycles. The van der Waals surface area contributed by atoms with Gasteiger partial charge >= 0.3 is 5.97 Å². The maximum absolute atomic E-state index is 10.5. The van der Waals surface area contributed by atoms with Gasteiger partial charge < -0.3 is 15.9 Å². The summed E-state index contributed by atoms with van der Waals surface area (Å²) in [7, 11) is 0. The number of rotatable bonds is 4. The van der Waals surface area contributed by atoms with Crippen LogP contribution in [0.2, 0.25) is 0 Å². The number of aliphatic hydroxyl groups is 1. The Morgan fingerprint density at radius 3 is 2.43 bits per heavy atom. The molecule has 0 amide bonds. The molecule has 1 aromatic carbocycles. The van der Waals surface area contributed by atoms with Crippen LogP contribution < -0.4 is 5.73 Å². The molecule has 0 aliphatic heterocycles. The summed E-state index contributed by atoms with van der Waals surface area (Å²) in [5.41, 5.74) is 6.90. The SMILES string of the molecule is N[C@H](Cc1ccccc1CO)C(=O)O. The Hall–Kier alpha value is -1.39. The van der Waals surface area contributed by atoms with Gasteiger partial charge in [0.2, 0.25) is 0 Å². The van der Waals surface area contributed by atoms with Gasteiger partial charge in [0, 0.05) is 0 Å². The molecule has 76 valence electrons. The van der Waals surface area contributed by atoms with Gasteiger partial charge in [-0.05, 0) is 17.5 Å². The van der Waals surface area contributed by atoms with Gasteiger partial charge in [0.25, 0.3) is 0 Å². The molecule has 0 fully saturated rings. The van der Waals surface area contributed by atoms with E-state index in [0.29, 0.717) is 0 Å². The largest absolute Gasteiger partial charge is 0.480 e. The topological polar surface area (TPSA) is 83.5 Å². The Morgan fingerprint density at radius 2 is 1.93 bits per heavy atom. The highest BCUT2D eigenvalue weighted by atomic mass is 16.4. The predicted octanol–water partition coefficient (Wildman–Crippen LogP) is 0.133. The van der Waals surface area contributed by atoms with E-state index < -0.39 is 12.0 Å². The smallest absolute Gasteiger partial charge is 0.320 e. The second-order valence-corrected chi connectivity index (χ2v) is 3.08. The van der Waals surface area contributed by atoms with Gasteiger partial charge in [0.05, 0.1) is 6.61 Å². The summed E-state index contributed by atoms with van der Waals surface area (Å²) in [6.45, 7) is -0.0947. The van der Waals surface area contributed by atoms with Crippen LogP contribution in [0.4, 0.5) is 0 Å². The van der Waals surface area contributed by atoms with Crippen molar-refractivity contribution in [2.24, 2.45) is 5.73 Å². The Morgan fingerprint density at radius 1 is 1.36 bits per heavy atom. The van der Waals surface area contributed by atoms with E-state index in [2.05, 4.69) is 0 Å². The molecule has 0 unspecified atom stereocenters. The van der Waals surface area contributed by atoms with Crippen LogP contribution in [0, 0.1) is 0 Å². The molecule has 1 aromatic rings. The number of aliphatic hydroxyl groups excluding tert-OH is 1. The minimum absolute atomic E-state index is 0.0947. The average Bonchev–Trinajstić information content (AvgIpc) is 2.18. The van der Waals surface area contributed by atoms with Gasteiger partial charge in [-0.1, -0.05) is 24.3 Å². The van der Waals surface area contributed by atoms with Crippen molar-refractivity contribution in [3.8, 4) is 0 Å². The van der Waals surface area contributed by atoms with Gasteiger partial charge in [-0.15, -0.1) is 0 Å². The third-order valence-electron chi connectivity index (χ3n) is 2.05. The fraction of sp³-hybridized carbons (Fsp3) is 0.300. The van der Waals surface area contributed by atoms with E-state index in [1.165, 1.54) is 0 Å². The van der Waals surface area contributed by atoms with E-state index in [4.69, 9.17) is 15.9 Å². The Labute approximate surface area is 82.0 Å². The number of nitrogens with two attached hydrogens (primary N) is 1. The molecule has 0 aromatic heterocycles. The monoisotopic (exact) mass is 195 g/mol. The lowest BCUT2D eigenvalue weighted by atomic mass is 10.0. The summed E-state index contributed by atoms with van der Waals surface area (Å²) in [5.74, 6) is -1.03. The lowest BCUT2D eigenvalue weighted by molar-refractivity contribution is -0.138. The molecule has 4 nitrogen and oxygen atoms in total. The molecule has 0 aliphatic rings. The molecule has 0 aliphatic carbocycles. The van der Waals surface area contributed by atoms with Crippen LogP contribution in [0.3, 0.4) is 0 Å². The second kappa shape index (κ2) is 4.74. The van der Waals surface area contributed by atoms with Gasteiger partial charge in [0.15, 0.2) is 0 Å². The zero-order chi connectivity index (χ0) is 10.6. The predicted molar refractivity (Wildman–Crippen MR) is 51.7 cm³/mol. The standard InChI is InChI=1S/C10H13NO3/c11-9(10(13)14)5-7-3-1-2-4-8(7)6-12/h1-4,9,12H,5-6,11H2,(H,13,14)/t9-/m1/s1. The molecule has 0 spiro atoms. The summed E-state index contributed by atoms with van der Waals surface area (Å²) in [5, 5.41) is 17.6. The van der Waals surface area contributed by atoms with Gasteiger partial charge in [-0.25, -0.2) is 0 Å². The highest BCUT2D eigenvalue weighted by molar-refractivity contribution is 5.73. The van der Waals surface area contributed by atoms with Crippen LogP contribution in [-0.2, 0) is 17.8 Å². The first-order valence-corrected chi connectivity index (χ1v) is 4.31. The zero-order valence-corrected chi connectivity index (χ0v) is 7.68. The van der Waals surface area contributed by atoms with Crippen LogP contribution in [0.5, 0.6) is 0 Å². The molecule has 4 N–H and O–H groups in total. The van der Waals surface area contributed by atoms with Crippen LogP contribution in [-0.4, -0.2) is 22.2 Å². The Bertz CT molecular complexity index is 325. The van der Waals surface area contributed by atoms with Crippen molar-refractivity contribution in [2.45, 2.75) is 19.1 Å². The van der Waals surface area contributed by atoms with E-state index in [0.717, 1.165) is 11.1 Å². The van der Waals surface area contributed by atoms with Crippen LogP contribution in [0.1, 0.15) is 11.1 Å². The third-order valence-corrected chi connectivity index (χ3v) is 2.05. The highest BCUT2D eigenvalue weighted by Crippen LogP contribution is 2.10. The number of carbonyl (C=O) groups is 1. The van der Waals surface area contributed by atoms with Crippen LogP contribution in [0.25, 0.3) is 0 Å². The zero-order valence-electron chi connectivity index (χ0n) is 7.68. The number of hydrogen-bond donors (Lipinski definition) is 3. The summed E-state index contributed by atoms with van der Waals surface area (Å²) in [4.78, 5) is 10.5. The number of carboxylic acid groups (broad SMARTS) is 1. The van der Waals surface area contributed by atoms with Gasteiger partial charge in [0.1, 0.15) is 6.04 Å². The average molecular weight is 195 g/mol. The molecule has 0 radical (unpaired) electrons. The van der Waals surface area contributed by atoms with Crippen molar-refractivity contribution in [2.75, 3.05) is 0 Å². The normalized spacial score (nSPS) is 12.4. The number of hydrogen-bond acceptors (Lipinski definition) is 3. The van der Waals surface area contributed by atoms with Gasteiger partial charge in [-0.2, -0.15) is 0 Å². The molecule has 4 heteroatoms. The summed E-state index contributed by atoms with van der Waals surface area (Å²) in [6, 6.07) is 6.20. The quantitative estimate of drug-likeness (QED) is 0.637. The number of aliphatic carboxylic acids is 1. The van der Waals surface area contributed by atoms with E-state index in [9.17, 15) is 4.79 Å². The van der Waals surface area contributed by atoms with Crippen molar-refractivity contribution in [3.05, 3.63) is 35.4 Å². The molecule has 1 rings (SSSR count). The maximum atomic E-state index is 10.5. The Balaban J connectivity index is 2.80. The molecule has 0 bridgehead atoms. The van der Waals surface area contributed by atoms with Crippen molar-refractivity contribution >= 4 is 5.97 Å². The van der Waals surface area contributed by atoms with E-state index in [1.54, 1.807) is 24.3 Å². The first kappa shape index (κ1) is 10.7. The molecular formula is C10H13NO3. The third kappa shape index (κ3) is 2.55. The molecule has 1 atom stereocenters. The maximum Gasteiger partial charge on any atom is 0.320 e. The summed E-state index contributed by atoms with van der Waals surface area (Å²) < 4.78 is 0. The van der Waals surface area contributed by atoms with Crippen LogP contribution >= 0.6 is 0 Å². The lowest BCUT2D eigenvalue weighted by Gasteiger charge is -2.09. The number of benzene rings is 1. The van der Waals surface area contributed by atoms with E-state index in [1.807, 2.05) is 0 Å². The fourth-order valence-corrected chi connectivity index (χ4v) is 1.24. The second-order valence-electron chi connectivity index (χ2n) is 3.08. The van der Waals surface area contributed by atoms with E-state index in [-0.39, 0.29) is 13.0 Å². The van der Waals surface area contributed by atoms with Crippen molar-refractivity contribution in [1.82, 2.24) is 0 Å². The molecule has 0 saturated heterocycles. The van der Waals surface area contributed by atoms with Gasteiger partial charge in [-0.3, -0.25) is 4.79 Å². The lowest BCUT2D eigenvalue weighted by Crippen LogP contribution is -2.32. The van der Waals surface area contributed by atoms with Crippen molar-refractivity contribution < 1.29 is 15.0 Å². The summed E-state index contributed by atoms with van der Waals surface area (Å²) >= 11 is 0. The Kier molecular flexibility index (Phi) is 3.62. The van der Waals surface area contributed by atoms with Crippen molar-refractivity contribution in [1.29, 1.82) is 0 Å². The van der Waals surface area contributed by atoms with E-state index >= 15 is 0 Å². The summed E-state index contributed by atoms with van der Waals surface area (Å²) in [6.07, 6.45) is 0.242. The first-order chi connectivity index (χ1) is 6.65. The minimum Gasteiger partial charge on any atom is -0.480 e. The molecule has 14 heavy (non-hydrogen) atoms. The first-order valence-electron chi connectivity index (χ1n) is 4.31.